The predicted octanol–water partition coefficient (Wildman–Crippen LogP) is 8.73. The fraction of sp³-hybridized carbons (Fsp3) is 0. The highest BCUT2D eigenvalue weighted by atomic mass is 32.1. The minimum Gasteiger partial charge on any atom is -0.301 e. The maximum absolute atomic E-state index is 4.75. The summed E-state index contributed by atoms with van der Waals surface area (Å²) < 4.78 is 2.40. The average Bonchev–Trinajstić information content (AvgIpc) is 3.51. The van der Waals surface area contributed by atoms with Crippen LogP contribution in [0, 0.1) is 0 Å². The van der Waals surface area contributed by atoms with E-state index in [1.807, 2.05) is 6.20 Å². The van der Waals surface area contributed by atoms with Crippen molar-refractivity contribution in [1.29, 1.82) is 0 Å². The Bertz CT molecular complexity index is 1800. The second kappa shape index (κ2) is 7.68. The first-order valence-corrected chi connectivity index (χ1v) is 12.2. The van der Waals surface area contributed by atoms with Crippen LogP contribution in [-0.4, -0.2) is 9.55 Å². The van der Waals surface area contributed by atoms with Crippen LogP contribution in [0.5, 0.6) is 0 Å². The van der Waals surface area contributed by atoms with E-state index in [1.165, 1.54) is 53.6 Å². The van der Waals surface area contributed by atoms with Crippen molar-refractivity contribution in [3.05, 3.63) is 121 Å². The highest BCUT2D eigenvalue weighted by Gasteiger charge is 2.16. The zero-order chi connectivity index (χ0) is 22.5. The van der Waals surface area contributed by atoms with Gasteiger partial charge in [0.15, 0.2) is 0 Å². The maximum Gasteiger partial charge on any atom is 0.101 e. The lowest BCUT2D eigenvalue weighted by Gasteiger charge is -2.07. The number of hydrogen-bond acceptors (Lipinski definition) is 2. The summed E-state index contributed by atoms with van der Waals surface area (Å²) in [6.45, 7) is 0. The van der Waals surface area contributed by atoms with Gasteiger partial charge in [-0.05, 0) is 46.8 Å². The maximum atomic E-state index is 4.75. The first-order valence-electron chi connectivity index (χ1n) is 11.4. The summed E-state index contributed by atoms with van der Waals surface area (Å²) in [6, 6.07) is 41.1. The van der Waals surface area contributed by atoms with Gasteiger partial charge < -0.3 is 4.57 Å². The fourth-order valence-corrected chi connectivity index (χ4v) is 5.95. The Labute approximate surface area is 201 Å². The molecule has 7 rings (SSSR count). The summed E-state index contributed by atoms with van der Waals surface area (Å²) in [6.07, 6.45) is 1.91. The van der Waals surface area contributed by atoms with Gasteiger partial charge in [0, 0.05) is 22.4 Å². The molecule has 2 nitrogen and oxygen atoms in total. The number of fused-ring (bicyclic) bond motifs is 4. The molecule has 7 aromatic rings. The molecule has 0 aliphatic rings. The zero-order valence-electron chi connectivity index (χ0n) is 18.3. The monoisotopic (exact) mass is 452 g/mol. The van der Waals surface area contributed by atoms with Gasteiger partial charge in [-0.2, -0.15) is 0 Å². The number of benzene rings is 4. The topological polar surface area (TPSA) is 17.8 Å². The van der Waals surface area contributed by atoms with Gasteiger partial charge in [0.05, 0.1) is 21.6 Å². The molecular weight excluding hydrogens is 432 g/mol. The Kier molecular flexibility index (Phi) is 4.36. The summed E-state index contributed by atoms with van der Waals surface area (Å²) >= 11 is 1.79. The Hall–Kier alpha value is -4.21. The first-order chi connectivity index (χ1) is 16.9. The molecular formula is C31H20N2S. The third kappa shape index (κ3) is 2.98. The second-order valence-corrected chi connectivity index (χ2v) is 9.53. The number of aromatic nitrogens is 2. The van der Waals surface area contributed by atoms with Gasteiger partial charge in [-0.25, -0.2) is 0 Å². The minimum absolute atomic E-state index is 1.04. The molecule has 0 N–H and O–H groups in total. The van der Waals surface area contributed by atoms with Crippen molar-refractivity contribution in [3.8, 4) is 26.7 Å². The molecule has 0 unspecified atom stereocenters. The third-order valence-electron chi connectivity index (χ3n) is 6.50. The second-order valence-electron chi connectivity index (χ2n) is 8.47. The fourth-order valence-electron chi connectivity index (χ4n) is 4.91. The van der Waals surface area contributed by atoms with E-state index in [9.17, 15) is 0 Å². The lowest BCUT2D eigenvalue weighted by molar-refractivity contribution is 1.22. The SMILES string of the molecule is c1ccc(-c2ccc3c4ccccc4n(-c4ccc(-c5nccc6ccccc56)s4)c3c2)cc1. The number of para-hydroxylation sites is 1. The molecule has 3 heteroatoms. The van der Waals surface area contributed by atoms with Gasteiger partial charge in [0.2, 0.25) is 0 Å². The molecule has 0 saturated carbocycles. The molecule has 0 aliphatic heterocycles. The van der Waals surface area contributed by atoms with E-state index in [0.717, 1.165) is 5.69 Å². The highest BCUT2D eigenvalue weighted by Crippen LogP contribution is 2.39. The quantitative estimate of drug-likeness (QED) is 0.262. The molecule has 0 amide bonds. The molecule has 0 atom stereocenters. The van der Waals surface area contributed by atoms with Crippen LogP contribution in [0.4, 0.5) is 0 Å². The van der Waals surface area contributed by atoms with Gasteiger partial charge >= 0.3 is 0 Å². The van der Waals surface area contributed by atoms with Gasteiger partial charge in [-0.3, -0.25) is 4.98 Å². The molecule has 0 aliphatic carbocycles. The van der Waals surface area contributed by atoms with Gasteiger partial charge in [-0.1, -0.05) is 84.9 Å². The van der Waals surface area contributed by atoms with Crippen molar-refractivity contribution < 1.29 is 0 Å². The summed E-state index contributed by atoms with van der Waals surface area (Å²) in [7, 11) is 0. The molecule has 0 radical (unpaired) electrons. The van der Waals surface area contributed by atoms with E-state index in [1.54, 1.807) is 11.3 Å². The number of pyridine rings is 1. The van der Waals surface area contributed by atoms with Crippen LogP contribution in [0.15, 0.2) is 121 Å². The first kappa shape index (κ1) is 19.3. The van der Waals surface area contributed by atoms with Crippen LogP contribution in [0.1, 0.15) is 0 Å². The van der Waals surface area contributed by atoms with Crippen LogP contribution in [0.25, 0.3) is 59.3 Å². The number of hydrogen-bond donors (Lipinski definition) is 0. The highest BCUT2D eigenvalue weighted by molar-refractivity contribution is 7.18. The Morgan fingerprint density at radius 3 is 2.24 bits per heavy atom. The van der Waals surface area contributed by atoms with Crippen LogP contribution in [0.3, 0.4) is 0 Å². The average molecular weight is 453 g/mol. The zero-order valence-corrected chi connectivity index (χ0v) is 19.2. The van der Waals surface area contributed by atoms with E-state index in [2.05, 4.69) is 120 Å². The number of nitrogens with zero attached hydrogens (tertiary/aromatic N) is 2. The van der Waals surface area contributed by atoms with Crippen LogP contribution >= 0.6 is 11.3 Å². The lowest BCUT2D eigenvalue weighted by Crippen LogP contribution is -1.90. The molecule has 0 fully saturated rings. The van der Waals surface area contributed by atoms with E-state index in [4.69, 9.17) is 4.98 Å². The molecule has 34 heavy (non-hydrogen) atoms. The van der Waals surface area contributed by atoms with Gasteiger partial charge in [-0.15, -0.1) is 11.3 Å². The molecule has 4 aromatic carbocycles. The van der Waals surface area contributed by atoms with Crippen molar-refractivity contribution in [1.82, 2.24) is 9.55 Å². The summed E-state index contributed by atoms with van der Waals surface area (Å²) in [5.41, 5.74) is 5.95. The van der Waals surface area contributed by atoms with Crippen molar-refractivity contribution in [2.75, 3.05) is 0 Å². The molecule has 3 aromatic heterocycles. The molecule has 0 bridgehead atoms. The van der Waals surface area contributed by atoms with Crippen LogP contribution in [0.2, 0.25) is 0 Å². The van der Waals surface area contributed by atoms with Gasteiger partial charge in [0.1, 0.15) is 5.00 Å². The Morgan fingerprint density at radius 1 is 0.559 bits per heavy atom. The van der Waals surface area contributed by atoms with Crippen LogP contribution in [-0.2, 0) is 0 Å². The lowest BCUT2D eigenvalue weighted by atomic mass is 10.0. The predicted molar refractivity (Wildman–Crippen MR) is 145 cm³/mol. The number of thiophene rings is 1. The van der Waals surface area contributed by atoms with Crippen molar-refractivity contribution >= 4 is 43.9 Å². The van der Waals surface area contributed by atoms with Crippen molar-refractivity contribution in [2.45, 2.75) is 0 Å². The molecule has 160 valence electrons. The summed E-state index contributed by atoms with van der Waals surface area (Å²) in [4.78, 5) is 5.93. The molecule has 0 saturated heterocycles. The normalized spacial score (nSPS) is 11.5. The van der Waals surface area contributed by atoms with Crippen LogP contribution < -0.4 is 0 Å². The standard InChI is InChI=1S/C31H20N2S/c1-2-8-21(9-3-1)23-14-15-26-25-12-6-7-13-27(25)33(28(26)20-23)30-17-16-29(34-30)31-24-11-5-4-10-22(24)18-19-32-31/h1-20H. The van der Waals surface area contributed by atoms with E-state index >= 15 is 0 Å². The molecule has 3 heterocycles. The largest absolute Gasteiger partial charge is 0.301 e. The van der Waals surface area contributed by atoms with E-state index < -0.39 is 0 Å². The third-order valence-corrected chi connectivity index (χ3v) is 7.58. The molecule has 0 spiro atoms. The Balaban J connectivity index is 1.47. The smallest absolute Gasteiger partial charge is 0.101 e. The minimum atomic E-state index is 1.04. The summed E-state index contributed by atoms with van der Waals surface area (Å²) in [5.74, 6) is 0. The number of rotatable bonds is 3. The Morgan fingerprint density at radius 2 is 1.32 bits per heavy atom. The van der Waals surface area contributed by atoms with Crippen molar-refractivity contribution in [3.63, 3.8) is 0 Å². The van der Waals surface area contributed by atoms with E-state index in [0.29, 0.717) is 0 Å². The van der Waals surface area contributed by atoms with Crippen molar-refractivity contribution in [2.24, 2.45) is 0 Å². The van der Waals surface area contributed by atoms with Gasteiger partial charge in [0.25, 0.3) is 0 Å². The van der Waals surface area contributed by atoms with E-state index in [-0.39, 0.29) is 0 Å². The summed E-state index contributed by atoms with van der Waals surface area (Å²) in [5, 5.41) is 6.14.